The molecule has 0 saturated carbocycles. The first-order chi connectivity index (χ1) is 8.20. The molecule has 0 aliphatic carbocycles. The molecule has 17 heavy (non-hydrogen) atoms. The third kappa shape index (κ3) is 2.58. The number of benzene rings is 1. The summed E-state index contributed by atoms with van der Waals surface area (Å²) in [5, 5.41) is 0. The summed E-state index contributed by atoms with van der Waals surface area (Å²) in [5.74, 6) is 2.48. The van der Waals surface area contributed by atoms with Crippen LogP contribution in [0.2, 0.25) is 0 Å². The number of hydrogen-bond acceptors (Lipinski definition) is 3. The number of rotatable bonds is 4. The van der Waals surface area contributed by atoms with Crippen molar-refractivity contribution in [3.05, 3.63) is 42.0 Å². The Kier molecular flexibility index (Phi) is 3.32. The zero-order valence-electron chi connectivity index (χ0n) is 10.3. The molecule has 0 amide bonds. The van der Waals surface area contributed by atoms with Crippen LogP contribution in [0, 0.1) is 6.92 Å². The molecular weight excluding hydrogens is 216 g/mol. The minimum absolute atomic E-state index is 0.456. The summed E-state index contributed by atoms with van der Waals surface area (Å²) in [4.78, 5) is 4.28. The van der Waals surface area contributed by atoms with Gasteiger partial charge in [-0.25, -0.2) is 4.98 Å². The van der Waals surface area contributed by atoms with E-state index < -0.39 is 0 Å². The van der Waals surface area contributed by atoms with Crippen molar-refractivity contribution < 1.29 is 9.47 Å². The van der Waals surface area contributed by atoms with Gasteiger partial charge in [0.2, 0.25) is 0 Å². The minimum atomic E-state index is 0.456. The van der Waals surface area contributed by atoms with Gasteiger partial charge in [-0.1, -0.05) is 6.07 Å². The third-order valence-corrected chi connectivity index (χ3v) is 2.73. The molecule has 90 valence electrons. The smallest absolute Gasteiger partial charge is 0.146 e. The highest BCUT2D eigenvalue weighted by molar-refractivity contribution is 5.32. The molecule has 0 fully saturated rings. The fraction of sp³-hybridized carbons (Fsp3) is 0.308. The molecule has 4 nitrogen and oxygen atoms in total. The van der Waals surface area contributed by atoms with Gasteiger partial charge in [0.05, 0.1) is 7.11 Å². The van der Waals surface area contributed by atoms with Gasteiger partial charge in [0.25, 0.3) is 0 Å². The van der Waals surface area contributed by atoms with Gasteiger partial charge >= 0.3 is 0 Å². The Labute approximate surface area is 101 Å². The summed E-state index contributed by atoms with van der Waals surface area (Å²) in [6.07, 6.45) is 1.84. The number of methoxy groups -OCH3 is 1. The lowest BCUT2D eigenvalue weighted by Gasteiger charge is -2.08. The molecule has 0 N–H and O–H groups in total. The van der Waals surface area contributed by atoms with Gasteiger partial charge in [-0.2, -0.15) is 0 Å². The predicted molar refractivity (Wildman–Crippen MR) is 65.3 cm³/mol. The van der Waals surface area contributed by atoms with Gasteiger partial charge < -0.3 is 14.0 Å². The standard InChI is InChI=1S/C13H16N2O2/c1-10-8-14-13(15(10)2)9-17-12-6-4-5-11(7-12)16-3/h4-8H,9H2,1-3H3. The molecule has 2 rings (SSSR count). The maximum absolute atomic E-state index is 5.67. The van der Waals surface area contributed by atoms with Crippen LogP contribution in [0.5, 0.6) is 11.5 Å². The number of hydrogen-bond donors (Lipinski definition) is 0. The van der Waals surface area contributed by atoms with Gasteiger partial charge in [-0.3, -0.25) is 0 Å². The van der Waals surface area contributed by atoms with E-state index in [0.717, 1.165) is 23.0 Å². The number of aromatic nitrogens is 2. The third-order valence-electron chi connectivity index (χ3n) is 2.73. The van der Waals surface area contributed by atoms with Gasteiger partial charge in [0, 0.05) is 25.0 Å². The summed E-state index contributed by atoms with van der Waals surface area (Å²) >= 11 is 0. The monoisotopic (exact) mass is 232 g/mol. The minimum Gasteiger partial charge on any atom is -0.497 e. The fourth-order valence-electron chi connectivity index (χ4n) is 1.52. The molecule has 0 saturated heterocycles. The zero-order valence-corrected chi connectivity index (χ0v) is 10.3. The molecule has 0 unspecified atom stereocenters. The van der Waals surface area contributed by atoms with E-state index in [1.54, 1.807) is 7.11 Å². The molecule has 0 spiro atoms. The lowest BCUT2D eigenvalue weighted by atomic mass is 10.3. The maximum Gasteiger partial charge on any atom is 0.146 e. The van der Waals surface area contributed by atoms with Crippen molar-refractivity contribution in [2.24, 2.45) is 7.05 Å². The quantitative estimate of drug-likeness (QED) is 0.811. The van der Waals surface area contributed by atoms with E-state index in [1.165, 1.54) is 0 Å². The van der Waals surface area contributed by atoms with Gasteiger partial charge in [-0.05, 0) is 19.1 Å². The van der Waals surface area contributed by atoms with E-state index in [0.29, 0.717) is 6.61 Å². The van der Waals surface area contributed by atoms with Crippen molar-refractivity contribution in [1.29, 1.82) is 0 Å². The second-order valence-electron chi connectivity index (χ2n) is 3.84. The van der Waals surface area contributed by atoms with Crippen LogP contribution in [0.4, 0.5) is 0 Å². The second-order valence-corrected chi connectivity index (χ2v) is 3.84. The van der Waals surface area contributed by atoms with Crippen molar-refractivity contribution in [2.45, 2.75) is 13.5 Å². The van der Waals surface area contributed by atoms with Gasteiger partial charge in [-0.15, -0.1) is 0 Å². The SMILES string of the molecule is COc1cccc(OCc2ncc(C)n2C)c1. The van der Waals surface area contributed by atoms with Crippen LogP contribution in [0.25, 0.3) is 0 Å². The van der Waals surface area contributed by atoms with Crippen LogP contribution in [0.1, 0.15) is 11.5 Å². The summed E-state index contributed by atoms with van der Waals surface area (Å²) in [7, 11) is 3.62. The average molecular weight is 232 g/mol. The highest BCUT2D eigenvalue weighted by Crippen LogP contribution is 2.19. The summed E-state index contributed by atoms with van der Waals surface area (Å²) < 4.78 is 12.8. The summed E-state index contributed by atoms with van der Waals surface area (Å²) in [6, 6.07) is 7.55. The van der Waals surface area contributed by atoms with Crippen LogP contribution in [-0.2, 0) is 13.7 Å². The highest BCUT2D eigenvalue weighted by atomic mass is 16.5. The molecule has 1 heterocycles. The maximum atomic E-state index is 5.67. The van der Waals surface area contributed by atoms with Gasteiger partial charge in [0.1, 0.15) is 23.9 Å². The Balaban J connectivity index is 2.04. The lowest BCUT2D eigenvalue weighted by Crippen LogP contribution is -2.04. The molecule has 0 aliphatic rings. The predicted octanol–water partition coefficient (Wildman–Crippen LogP) is 2.32. The van der Waals surface area contributed by atoms with Crippen LogP contribution < -0.4 is 9.47 Å². The first-order valence-electron chi connectivity index (χ1n) is 5.45. The fourth-order valence-corrected chi connectivity index (χ4v) is 1.52. The average Bonchev–Trinajstić information content (AvgIpc) is 2.68. The van der Waals surface area contributed by atoms with E-state index in [1.807, 2.05) is 49.0 Å². The van der Waals surface area contributed by atoms with Crippen LogP contribution in [-0.4, -0.2) is 16.7 Å². The Morgan fingerprint density at radius 3 is 2.71 bits per heavy atom. The first kappa shape index (κ1) is 11.5. The van der Waals surface area contributed by atoms with E-state index in [2.05, 4.69) is 4.98 Å². The van der Waals surface area contributed by atoms with Crippen molar-refractivity contribution >= 4 is 0 Å². The molecule has 2 aromatic rings. The van der Waals surface area contributed by atoms with Gasteiger partial charge in [0.15, 0.2) is 0 Å². The normalized spacial score (nSPS) is 10.3. The molecular formula is C13H16N2O2. The van der Waals surface area contributed by atoms with E-state index in [-0.39, 0.29) is 0 Å². The summed E-state index contributed by atoms with van der Waals surface area (Å²) in [5.41, 5.74) is 1.12. The molecule has 4 heteroatoms. The van der Waals surface area contributed by atoms with E-state index >= 15 is 0 Å². The Morgan fingerprint density at radius 1 is 1.29 bits per heavy atom. The molecule has 1 aromatic carbocycles. The van der Waals surface area contributed by atoms with Crippen molar-refractivity contribution in [1.82, 2.24) is 9.55 Å². The zero-order chi connectivity index (χ0) is 12.3. The second kappa shape index (κ2) is 4.91. The lowest BCUT2D eigenvalue weighted by molar-refractivity contribution is 0.289. The van der Waals surface area contributed by atoms with Crippen molar-refractivity contribution in [2.75, 3.05) is 7.11 Å². The number of aryl methyl sites for hydroxylation is 1. The van der Waals surface area contributed by atoms with Crippen molar-refractivity contribution in [3.8, 4) is 11.5 Å². The first-order valence-corrected chi connectivity index (χ1v) is 5.45. The Bertz CT molecular complexity index is 506. The number of ether oxygens (including phenoxy) is 2. The molecule has 0 bridgehead atoms. The molecule has 0 aliphatic heterocycles. The summed E-state index contributed by atoms with van der Waals surface area (Å²) in [6.45, 7) is 2.47. The molecule has 1 aromatic heterocycles. The molecule has 0 atom stereocenters. The molecule has 0 radical (unpaired) electrons. The Morgan fingerprint density at radius 2 is 2.06 bits per heavy atom. The van der Waals surface area contributed by atoms with Crippen LogP contribution in [0.3, 0.4) is 0 Å². The van der Waals surface area contributed by atoms with Crippen LogP contribution in [0.15, 0.2) is 30.5 Å². The number of imidazole rings is 1. The highest BCUT2D eigenvalue weighted by Gasteiger charge is 2.04. The Hall–Kier alpha value is -1.97. The largest absolute Gasteiger partial charge is 0.497 e. The topological polar surface area (TPSA) is 36.3 Å². The van der Waals surface area contributed by atoms with Crippen LogP contribution >= 0.6 is 0 Å². The number of nitrogens with zero attached hydrogens (tertiary/aromatic N) is 2. The van der Waals surface area contributed by atoms with E-state index in [4.69, 9.17) is 9.47 Å². The van der Waals surface area contributed by atoms with Crippen molar-refractivity contribution in [3.63, 3.8) is 0 Å². The van der Waals surface area contributed by atoms with E-state index in [9.17, 15) is 0 Å².